The Hall–Kier alpha value is 0. The molecule has 2 aliphatic rings. The second-order valence-corrected chi connectivity index (χ2v) is 4.08. The van der Waals surface area contributed by atoms with Crippen LogP contribution in [0.3, 0.4) is 0 Å². The zero-order chi connectivity index (χ0) is 6.74. The van der Waals surface area contributed by atoms with Crippen molar-refractivity contribution in [1.82, 2.24) is 0 Å². The van der Waals surface area contributed by atoms with E-state index >= 15 is 0 Å². The first-order valence-electron chi connectivity index (χ1n) is 4.21. The summed E-state index contributed by atoms with van der Waals surface area (Å²) in [5.41, 5.74) is 0.750. The van der Waals surface area contributed by atoms with Gasteiger partial charge in [-0.05, 0) is 18.3 Å². The van der Waals surface area contributed by atoms with E-state index in [9.17, 15) is 0 Å². The average Bonchev–Trinajstić information content (AvgIpc) is 2.11. The van der Waals surface area contributed by atoms with Crippen LogP contribution in [0.5, 0.6) is 0 Å². The predicted octanol–water partition coefficient (Wildman–Crippen LogP) is 3.37. The summed E-state index contributed by atoms with van der Waals surface area (Å²) in [5, 5.41) is 0. The summed E-state index contributed by atoms with van der Waals surface area (Å²) >= 11 is 0. The highest BCUT2D eigenvalue weighted by molar-refractivity contribution is 4.82. The average molecular weight is 126 g/mol. The first-order valence-corrected chi connectivity index (χ1v) is 4.21. The van der Waals surface area contributed by atoms with Gasteiger partial charge in [-0.2, -0.15) is 0 Å². The smallest absolute Gasteiger partial charge is 0.0354 e. The summed E-state index contributed by atoms with van der Waals surface area (Å²) < 4.78 is 0. The lowest BCUT2D eigenvalue weighted by Crippen LogP contribution is -1.85. The Morgan fingerprint density at radius 2 is 1.00 bits per heavy atom. The minimum atomic E-state index is 0.750. The Kier molecular flexibility index (Phi) is 2.15. The molecule has 0 nitrogen and oxygen atoms in total. The molecule has 0 unspecified atom stereocenters. The fraction of sp³-hybridized carbons (Fsp3) is 1.00. The van der Waals surface area contributed by atoms with Gasteiger partial charge in [-0.3, -0.25) is 0 Å². The molecule has 9 heavy (non-hydrogen) atoms. The Labute approximate surface area is 58.7 Å². The number of rotatable bonds is 0. The van der Waals surface area contributed by atoms with E-state index in [1.54, 1.807) is 0 Å². The van der Waals surface area contributed by atoms with Crippen LogP contribution in [0.25, 0.3) is 0 Å². The van der Waals surface area contributed by atoms with E-state index in [4.69, 9.17) is 0 Å². The van der Waals surface area contributed by atoms with Gasteiger partial charge in [0.25, 0.3) is 0 Å². The molecule has 0 aromatic rings. The fourth-order valence-corrected chi connectivity index (χ4v) is 0.500. The molecule has 2 saturated carbocycles. The van der Waals surface area contributed by atoms with Crippen molar-refractivity contribution in [2.45, 2.75) is 52.4 Å². The van der Waals surface area contributed by atoms with Crippen LogP contribution in [0.1, 0.15) is 52.4 Å². The second-order valence-electron chi connectivity index (χ2n) is 4.08. The maximum atomic E-state index is 2.30. The monoisotopic (exact) mass is 126 g/mol. The van der Waals surface area contributed by atoms with E-state index in [0.29, 0.717) is 0 Å². The van der Waals surface area contributed by atoms with Crippen LogP contribution >= 0.6 is 0 Å². The first kappa shape index (κ1) is 7.11. The zero-order valence-corrected chi connectivity index (χ0v) is 6.74. The SMILES string of the molecule is C1CCC1.CC1(C)CC1. The van der Waals surface area contributed by atoms with Crippen molar-refractivity contribution >= 4 is 0 Å². The summed E-state index contributed by atoms with van der Waals surface area (Å²) in [4.78, 5) is 0. The van der Waals surface area contributed by atoms with E-state index in [0.717, 1.165) is 5.41 Å². The van der Waals surface area contributed by atoms with Crippen LogP contribution in [-0.2, 0) is 0 Å². The molecule has 0 heteroatoms. The van der Waals surface area contributed by atoms with Crippen LogP contribution in [0.15, 0.2) is 0 Å². The van der Waals surface area contributed by atoms with E-state index in [1.807, 2.05) is 0 Å². The van der Waals surface area contributed by atoms with E-state index in [1.165, 1.54) is 38.5 Å². The molecule has 0 spiro atoms. The van der Waals surface area contributed by atoms with Gasteiger partial charge in [0.2, 0.25) is 0 Å². The molecule has 2 rings (SSSR count). The first-order chi connectivity index (χ1) is 4.21. The van der Waals surface area contributed by atoms with Crippen molar-refractivity contribution in [3.05, 3.63) is 0 Å². The molecule has 0 atom stereocenters. The molecule has 0 bridgehead atoms. The number of hydrogen-bond acceptors (Lipinski definition) is 0. The molecule has 0 aromatic carbocycles. The summed E-state index contributed by atoms with van der Waals surface area (Å²) in [6.45, 7) is 4.60. The van der Waals surface area contributed by atoms with Crippen molar-refractivity contribution in [2.75, 3.05) is 0 Å². The third-order valence-electron chi connectivity index (χ3n) is 2.25. The molecule has 0 saturated heterocycles. The van der Waals surface area contributed by atoms with Crippen molar-refractivity contribution < 1.29 is 0 Å². The molecule has 0 heterocycles. The maximum Gasteiger partial charge on any atom is -0.0354 e. The van der Waals surface area contributed by atoms with Gasteiger partial charge < -0.3 is 0 Å². The van der Waals surface area contributed by atoms with Crippen molar-refractivity contribution in [3.63, 3.8) is 0 Å². The normalized spacial score (nSPS) is 27.3. The second kappa shape index (κ2) is 2.72. The van der Waals surface area contributed by atoms with Crippen LogP contribution < -0.4 is 0 Å². The summed E-state index contributed by atoms with van der Waals surface area (Å²) in [6.07, 6.45) is 8.90. The van der Waals surface area contributed by atoms with Crippen LogP contribution in [0.2, 0.25) is 0 Å². The van der Waals surface area contributed by atoms with Crippen LogP contribution in [0, 0.1) is 5.41 Å². The predicted molar refractivity (Wildman–Crippen MR) is 41.5 cm³/mol. The molecule has 0 aromatic heterocycles. The van der Waals surface area contributed by atoms with E-state index in [-0.39, 0.29) is 0 Å². The summed E-state index contributed by atoms with van der Waals surface area (Å²) in [5.74, 6) is 0. The lowest BCUT2D eigenvalue weighted by atomic mass is 10.0. The summed E-state index contributed by atoms with van der Waals surface area (Å²) in [7, 11) is 0. The molecule has 2 aliphatic carbocycles. The Balaban J connectivity index is 0.0000000922. The van der Waals surface area contributed by atoms with Gasteiger partial charge in [-0.25, -0.2) is 0 Å². The molecule has 0 radical (unpaired) electrons. The highest BCUT2D eigenvalue weighted by atomic mass is 14.4. The highest BCUT2D eigenvalue weighted by Crippen LogP contribution is 2.43. The summed E-state index contributed by atoms with van der Waals surface area (Å²) in [6, 6.07) is 0. The maximum absolute atomic E-state index is 2.30. The third-order valence-corrected chi connectivity index (χ3v) is 2.25. The third kappa shape index (κ3) is 3.56. The molecule has 0 N–H and O–H groups in total. The van der Waals surface area contributed by atoms with Gasteiger partial charge in [0.15, 0.2) is 0 Å². The molecular formula is C9H18. The topological polar surface area (TPSA) is 0 Å². The van der Waals surface area contributed by atoms with Gasteiger partial charge in [-0.15, -0.1) is 0 Å². The van der Waals surface area contributed by atoms with E-state index < -0.39 is 0 Å². The Morgan fingerprint density at radius 3 is 1.00 bits per heavy atom. The molecule has 54 valence electrons. The highest BCUT2D eigenvalue weighted by Gasteiger charge is 2.30. The molecule has 0 aliphatic heterocycles. The largest absolute Gasteiger partial charge is 0.0599 e. The molecule has 0 amide bonds. The quantitative estimate of drug-likeness (QED) is 0.467. The fourth-order valence-electron chi connectivity index (χ4n) is 0.500. The van der Waals surface area contributed by atoms with Gasteiger partial charge in [0.1, 0.15) is 0 Å². The van der Waals surface area contributed by atoms with Crippen LogP contribution in [-0.4, -0.2) is 0 Å². The van der Waals surface area contributed by atoms with Crippen molar-refractivity contribution in [3.8, 4) is 0 Å². The van der Waals surface area contributed by atoms with Crippen molar-refractivity contribution in [2.24, 2.45) is 5.41 Å². The lowest BCUT2D eigenvalue weighted by molar-refractivity contribution is 0.504. The standard InChI is InChI=1S/C5H10.C4H8/c1-5(2)3-4-5;1-2-4-3-1/h3-4H2,1-2H3;1-4H2. The zero-order valence-electron chi connectivity index (χ0n) is 6.74. The van der Waals surface area contributed by atoms with Gasteiger partial charge in [0, 0.05) is 0 Å². The lowest BCUT2D eigenvalue weighted by Gasteiger charge is -2.05. The minimum Gasteiger partial charge on any atom is -0.0599 e. The van der Waals surface area contributed by atoms with Gasteiger partial charge in [-0.1, -0.05) is 39.5 Å². The number of hydrogen-bond donors (Lipinski definition) is 0. The van der Waals surface area contributed by atoms with Crippen molar-refractivity contribution in [1.29, 1.82) is 0 Å². The minimum absolute atomic E-state index is 0.750. The van der Waals surface area contributed by atoms with Crippen LogP contribution in [0.4, 0.5) is 0 Å². The Morgan fingerprint density at radius 1 is 0.778 bits per heavy atom. The molecular weight excluding hydrogens is 108 g/mol. The van der Waals surface area contributed by atoms with E-state index in [2.05, 4.69) is 13.8 Å². The van der Waals surface area contributed by atoms with Gasteiger partial charge >= 0.3 is 0 Å². The Bertz CT molecular complexity index is 68.0. The van der Waals surface area contributed by atoms with Gasteiger partial charge in [0.05, 0.1) is 0 Å². The molecule has 2 fully saturated rings.